The van der Waals surface area contributed by atoms with Gasteiger partial charge in [-0.3, -0.25) is 0 Å². The summed E-state index contributed by atoms with van der Waals surface area (Å²) in [6.45, 7) is 6.11. The number of benzene rings is 1. The number of fused-ring (bicyclic) bond motifs is 1. The molecule has 0 radical (unpaired) electrons. The zero-order valence-corrected chi connectivity index (χ0v) is 10.8. The second-order valence-corrected chi connectivity index (χ2v) is 4.69. The first-order chi connectivity index (χ1) is 8.18. The fourth-order valence-electron chi connectivity index (χ4n) is 2.05. The first-order valence-corrected chi connectivity index (χ1v) is 6.05. The van der Waals surface area contributed by atoms with Crippen molar-refractivity contribution in [3.8, 4) is 0 Å². The Balaban J connectivity index is 2.11. The van der Waals surface area contributed by atoms with E-state index >= 15 is 0 Å². The van der Waals surface area contributed by atoms with Gasteiger partial charge in [0.15, 0.2) is 0 Å². The standard InChI is InChI=1S/C15H20N2/c1-12(2)8-9-16-10-13-11-17(3)15-7-5-4-6-14(13)15/h4-8,11,16H,9-10H2,1-3H3. The van der Waals surface area contributed by atoms with E-state index in [2.05, 4.69) is 67.3 Å². The summed E-state index contributed by atoms with van der Waals surface area (Å²) < 4.78 is 2.19. The van der Waals surface area contributed by atoms with E-state index in [0.29, 0.717) is 0 Å². The fraction of sp³-hybridized carbons (Fsp3) is 0.333. The van der Waals surface area contributed by atoms with Gasteiger partial charge in [0, 0.05) is 37.2 Å². The van der Waals surface area contributed by atoms with Crippen molar-refractivity contribution in [2.45, 2.75) is 20.4 Å². The van der Waals surface area contributed by atoms with Crippen LogP contribution in [0, 0.1) is 0 Å². The van der Waals surface area contributed by atoms with Crippen LogP contribution in [0.15, 0.2) is 42.1 Å². The minimum absolute atomic E-state index is 0.922. The molecule has 0 spiro atoms. The molecule has 0 unspecified atom stereocenters. The molecular formula is C15H20N2. The zero-order valence-electron chi connectivity index (χ0n) is 10.8. The molecule has 0 saturated heterocycles. The first kappa shape index (κ1) is 11.9. The normalized spacial score (nSPS) is 10.8. The highest BCUT2D eigenvalue weighted by Gasteiger charge is 2.04. The molecule has 0 atom stereocenters. The summed E-state index contributed by atoms with van der Waals surface area (Å²) >= 11 is 0. The summed E-state index contributed by atoms with van der Waals surface area (Å²) in [5, 5.41) is 4.80. The zero-order chi connectivity index (χ0) is 12.3. The summed E-state index contributed by atoms with van der Waals surface area (Å²) in [7, 11) is 2.10. The van der Waals surface area contributed by atoms with Gasteiger partial charge in [0.1, 0.15) is 0 Å². The van der Waals surface area contributed by atoms with Crippen molar-refractivity contribution in [1.82, 2.24) is 9.88 Å². The van der Waals surface area contributed by atoms with Gasteiger partial charge in [0.2, 0.25) is 0 Å². The van der Waals surface area contributed by atoms with Crippen LogP contribution in [0.4, 0.5) is 0 Å². The lowest BCUT2D eigenvalue weighted by atomic mass is 10.2. The molecule has 0 bridgehead atoms. The maximum absolute atomic E-state index is 3.45. The van der Waals surface area contributed by atoms with Crippen LogP contribution in [-0.2, 0) is 13.6 Å². The van der Waals surface area contributed by atoms with E-state index in [-0.39, 0.29) is 0 Å². The summed E-state index contributed by atoms with van der Waals surface area (Å²) in [5.74, 6) is 0. The number of nitrogens with zero attached hydrogens (tertiary/aromatic N) is 1. The van der Waals surface area contributed by atoms with Crippen molar-refractivity contribution >= 4 is 10.9 Å². The van der Waals surface area contributed by atoms with Crippen molar-refractivity contribution < 1.29 is 0 Å². The number of para-hydroxylation sites is 1. The van der Waals surface area contributed by atoms with Gasteiger partial charge in [-0.25, -0.2) is 0 Å². The van der Waals surface area contributed by atoms with Crippen molar-refractivity contribution in [1.29, 1.82) is 0 Å². The Kier molecular flexibility index (Phi) is 3.64. The van der Waals surface area contributed by atoms with Crippen LogP contribution in [-0.4, -0.2) is 11.1 Å². The largest absolute Gasteiger partial charge is 0.350 e. The molecule has 1 aromatic carbocycles. The number of aryl methyl sites for hydroxylation is 1. The second-order valence-electron chi connectivity index (χ2n) is 4.69. The van der Waals surface area contributed by atoms with Gasteiger partial charge >= 0.3 is 0 Å². The Morgan fingerprint density at radius 2 is 2.06 bits per heavy atom. The van der Waals surface area contributed by atoms with Gasteiger partial charge in [-0.05, 0) is 25.5 Å². The van der Waals surface area contributed by atoms with Crippen LogP contribution in [0.2, 0.25) is 0 Å². The van der Waals surface area contributed by atoms with Crippen molar-refractivity contribution in [2.24, 2.45) is 7.05 Å². The quantitative estimate of drug-likeness (QED) is 0.628. The Labute approximate surface area is 103 Å². The van der Waals surface area contributed by atoms with Gasteiger partial charge in [-0.2, -0.15) is 0 Å². The highest BCUT2D eigenvalue weighted by molar-refractivity contribution is 5.83. The molecule has 1 heterocycles. The van der Waals surface area contributed by atoms with Crippen LogP contribution in [0.1, 0.15) is 19.4 Å². The van der Waals surface area contributed by atoms with E-state index in [1.165, 1.54) is 22.0 Å². The summed E-state index contributed by atoms with van der Waals surface area (Å²) in [6, 6.07) is 8.53. The van der Waals surface area contributed by atoms with E-state index in [0.717, 1.165) is 13.1 Å². The lowest BCUT2D eigenvalue weighted by molar-refractivity contribution is 0.757. The maximum Gasteiger partial charge on any atom is 0.0481 e. The minimum Gasteiger partial charge on any atom is -0.350 e. The SMILES string of the molecule is CC(C)=CCNCc1cn(C)c2ccccc12. The molecule has 0 aliphatic carbocycles. The molecule has 0 fully saturated rings. The van der Waals surface area contributed by atoms with Crippen LogP contribution in [0.5, 0.6) is 0 Å². The molecule has 2 heteroatoms. The third-order valence-corrected chi connectivity index (χ3v) is 2.95. The smallest absolute Gasteiger partial charge is 0.0481 e. The van der Waals surface area contributed by atoms with E-state index in [4.69, 9.17) is 0 Å². The van der Waals surface area contributed by atoms with Crippen LogP contribution in [0.3, 0.4) is 0 Å². The predicted molar refractivity (Wildman–Crippen MR) is 74.1 cm³/mol. The molecule has 2 aromatic rings. The predicted octanol–water partition coefficient (Wildman–Crippen LogP) is 3.23. The number of hydrogen-bond acceptors (Lipinski definition) is 1. The molecule has 0 aliphatic rings. The van der Waals surface area contributed by atoms with E-state index < -0.39 is 0 Å². The molecule has 0 amide bonds. The number of nitrogens with one attached hydrogen (secondary N) is 1. The fourth-order valence-corrected chi connectivity index (χ4v) is 2.05. The third kappa shape index (κ3) is 2.77. The molecule has 0 aliphatic heterocycles. The molecule has 2 rings (SSSR count). The molecule has 0 saturated carbocycles. The number of rotatable bonds is 4. The molecular weight excluding hydrogens is 208 g/mol. The first-order valence-electron chi connectivity index (χ1n) is 6.05. The topological polar surface area (TPSA) is 17.0 Å². The molecule has 17 heavy (non-hydrogen) atoms. The Bertz CT molecular complexity index is 531. The maximum atomic E-state index is 3.45. The lowest BCUT2D eigenvalue weighted by Gasteiger charge is -2.00. The van der Waals surface area contributed by atoms with E-state index in [1.807, 2.05) is 0 Å². The van der Waals surface area contributed by atoms with Gasteiger partial charge in [-0.15, -0.1) is 0 Å². The van der Waals surface area contributed by atoms with Gasteiger partial charge in [-0.1, -0.05) is 29.8 Å². The van der Waals surface area contributed by atoms with E-state index in [1.54, 1.807) is 0 Å². The minimum atomic E-state index is 0.922. The van der Waals surface area contributed by atoms with Crippen LogP contribution < -0.4 is 5.32 Å². The number of aromatic nitrogens is 1. The monoisotopic (exact) mass is 228 g/mol. The molecule has 1 N–H and O–H groups in total. The molecule has 90 valence electrons. The van der Waals surface area contributed by atoms with Gasteiger partial charge in [0.05, 0.1) is 0 Å². The Morgan fingerprint density at radius 1 is 1.29 bits per heavy atom. The van der Waals surface area contributed by atoms with Crippen molar-refractivity contribution in [3.63, 3.8) is 0 Å². The third-order valence-electron chi connectivity index (χ3n) is 2.95. The highest BCUT2D eigenvalue weighted by Crippen LogP contribution is 2.19. The number of hydrogen-bond donors (Lipinski definition) is 1. The average Bonchev–Trinajstić information content (AvgIpc) is 2.63. The van der Waals surface area contributed by atoms with Crippen molar-refractivity contribution in [3.05, 3.63) is 47.7 Å². The summed E-state index contributed by atoms with van der Waals surface area (Å²) in [6.07, 6.45) is 4.42. The summed E-state index contributed by atoms with van der Waals surface area (Å²) in [5.41, 5.74) is 4.02. The lowest BCUT2D eigenvalue weighted by Crippen LogP contribution is -2.12. The van der Waals surface area contributed by atoms with Gasteiger partial charge < -0.3 is 9.88 Å². The summed E-state index contributed by atoms with van der Waals surface area (Å²) in [4.78, 5) is 0. The highest BCUT2D eigenvalue weighted by atomic mass is 14.9. The molecule has 1 aromatic heterocycles. The van der Waals surface area contributed by atoms with Gasteiger partial charge in [0.25, 0.3) is 0 Å². The van der Waals surface area contributed by atoms with Crippen molar-refractivity contribution in [2.75, 3.05) is 6.54 Å². The Hall–Kier alpha value is -1.54. The average molecular weight is 228 g/mol. The molecule has 2 nitrogen and oxygen atoms in total. The number of allylic oxidation sites excluding steroid dienone is 1. The van der Waals surface area contributed by atoms with Crippen LogP contribution in [0.25, 0.3) is 10.9 Å². The van der Waals surface area contributed by atoms with Crippen LogP contribution >= 0.6 is 0 Å². The van der Waals surface area contributed by atoms with E-state index in [9.17, 15) is 0 Å². The second kappa shape index (κ2) is 5.19. The Morgan fingerprint density at radius 3 is 2.82 bits per heavy atom.